The average Bonchev–Trinajstić information content (AvgIpc) is 1.50. The van der Waals surface area contributed by atoms with Gasteiger partial charge in [0.2, 0.25) is 70.9 Å². The summed E-state index contributed by atoms with van der Waals surface area (Å²) in [5.41, 5.74) is 0. The van der Waals surface area contributed by atoms with E-state index in [0.29, 0.717) is 77.3 Å². The fourth-order valence-electron chi connectivity index (χ4n) is 16.7. The van der Waals surface area contributed by atoms with Gasteiger partial charge >= 0.3 is 0 Å². The molecule has 12 amide bonds. The molecule has 8 rings (SSSR count). The van der Waals surface area contributed by atoms with Crippen LogP contribution in [0.3, 0.4) is 0 Å². The van der Waals surface area contributed by atoms with Gasteiger partial charge in [-0.1, -0.05) is 91.9 Å². The molecule has 556 valence electrons. The first-order chi connectivity index (χ1) is 47.4. The second-order valence-electron chi connectivity index (χ2n) is 30.1. The molecule has 8 fully saturated rings. The normalized spacial score (nSPS) is 31.8. The Kier molecular flexibility index (Phi) is 29.5. The Morgan fingerprint density at radius 3 is 1.74 bits per heavy atom. The third-order valence-corrected chi connectivity index (χ3v) is 23.7. The number of carbonyl (C=O) groups excluding carboxylic acids is 12. The van der Waals surface area contributed by atoms with E-state index < -0.39 is 150 Å². The van der Waals surface area contributed by atoms with E-state index in [-0.39, 0.29) is 108 Å². The number of halogens is 1. The number of alkyl halides is 1. The third-order valence-electron chi connectivity index (χ3n) is 23.3. The molecular weight excluding hydrogens is 1290 g/mol. The van der Waals surface area contributed by atoms with E-state index in [2.05, 4.69) is 16.0 Å². The van der Waals surface area contributed by atoms with Gasteiger partial charge in [-0.25, -0.2) is 0 Å². The lowest BCUT2D eigenvalue weighted by molar-refractivity contribution is -0.155. The van der Waals surface area contributed by atoms with E-state index in [4.69, 9.17) is 16.3 Å². The minimum absolute atomic E-state index is 0.0414. The molecule has 0 radical (unpaired) electrons. The number of fused-ring (bicyclic) bond motifs is 8. The van der Waals surface area contributed by atoms with Crippen LogP contribution in [0.15, 0.2) is 0 Å². The van der Waals surface area contributed by atoms with Gasteiger partial charge < -0.3 is 64.8 Å². The van der Waals surface area contributed by atoms with Crippen molar-refractivity contribution in [1.82, 2.24) is 60.0 Å². The summed E-state index contributed by atoms with van der Waals surface area (Å²) < 4.78 is 6.15. The Bertz CT molecular complexity index is 2840. The number of nitrogens with zero attached hydrogens (tertiary/aromatic N) is 9. The number of unbranched alkanes of at least 4 members (excludes halogenated alkanes) is 1. The van der Waals surface area contributed by atoms with Crippen LogP contribution in [0, 0.1) is 17.8 Å². The van der Waals surface area contributed by atoms with Crippen LogP contribution in [-0.4, -0.2) is 267 Å². The summed E-state index contributed by atoms with van der Waals surface area (Å²) in [7, 11) is 6.01. The van der Waals surface area contributed by atoms with Gasteiger partial charge in [0.05, 0.1) is 13.0 Å². The molecule has 6 heterocycles. The molecule has 2 aliphatic carbocycles. The summed E-state index contributed by atoms with van der Waals surface area (Å²) in [6, 6.07) is -12.6. The largest absolute Gasteiger partial charge is 0.379 e. The summed E-state index contributed by atoms with van der Waals surface area (Å²) in [6.07, 6.45) is 15.0. The lowest BCUT2D eigenvalue weighted by atomic mass is 9.83. The highest BCUT2D eigenvalue weighted by Crippen LogP contribution is 2.35. The van der Waals surface area contributed by atoms with Crippen molar-refractivity contribution < 1.29 is 62.3 Å². The number of carbonyl (C=O) groups is 12. The van der Waals surface area contributed by atoms with Crippen LogP contribution >= 0.6 is 11.6 Å². The van der Waals surface area contributed by atoms with Crippen molar-refractivity contribution in [2.45, 2.75) is 293 Å². The zero-order chi connectivity index (χ0) is 71.8. The summed E-state index contributed by atoms with van der Waals surface area (Å²) in [6.45, 7) is 10.7. The molecule has 14 atom stereocenters. The number of likely N-dealkylation sites (N-methyl/N-ethyl adjacent to an activating group) is 4. The number of nitrogens with one attached hydrogen (secondary N) is 3. The van der Waals surface area contributed by atoms with Gasteiger partial charge in [0, 0.05) is 79.4 Å². The van der Waals surface area contributed by atoms with Crippen LogP contribution in [-0.2, 0) is 62.3 Å². The Hall–Kier alpha value is -6.11. The van der Waals surface area contributed by atoms with E-state index in [1.54, 1.807) is 18.9 Å². The number of hydrogen-bond acceptors (Lipinski definition) is 13. The highest BCUT2D eigenvalue weighted by atomic mass is 35.5. The maximum atomic E-state index is 15.8. The Balaban J connectivity index is 1.22. The molecule has 99 heavy (non-hydrogen) atoms. The van der Waals surface area contributed by atoms with Gasteiger partial charge in [-0.15, -0.1) is 11.6 Å². The van der Waals surface area contributed by atoms with Gasteiger partial charge in [0.15, 0.2) is 0 Å². The summed E-state index contributed by atoms with van der Waals surface area (Å²) >= 11 is 6.82. The molecule has 0 aromatic heterocycles. The molecule has 26 heteroatoms. The van der Waals surface area contributed by atoms with Crippen LogP contribution in [0.4, 0.5) is 0 Å². The third kappa shape index (κ3) is 19.3. The molecule has 2 saturated carbocycles. The zero-order valence-corrected chi connectivity index (χ0v) is 61.8. The standard InChI is InChI=1S/C73H119ClN12O13/c1-10-13-31-57-72(97)84-39-24-33-55(84)63(88)75-52-30-17-19-38-85(57)66(91)48(5)78(6)61(87)45-59(71(96)82-35-21-22-36-82)80(8)69(94)56-34-25-40-86(56)73(98)62(47(4)12-3)77-64(89)54-32-18-20-37-83(54)68(93)53(43-50-28-23-29-51(74)42-50)76-65(90)60(46-99-41-11-2)81(9)70(95)58(79(7)67(52)92)44-49-26-15-14-16-27-49/h47-60,62H,10-46H2,1-9H3,(H,75,88)(H,76,90)(H,77,89)/t47-,48+,50?,51?,52-,53-,54-,55-,56-,57-,58-,59-,60-,62-/m0/s1. The Morgan fingerprint density at radius 2 is 1.08 bits per heavy atom. The van der Waals surface area contributed by atoms with E-state index in [9.17, 15) is 14.4 Å². The van der Waals surface area contributed by atoms with Gasteiger partial charge in [0.25, 0.3) is 0 Å². The van der Waals surface area contributed by atoms with Crippen molar-refractivity contribution in [3.05, 3.63) is 0 Å². The summed E-state index contributed by atoms with van der Waals surface area (Å²) in [5.74, 6) is -6.91. The smallest absolute Gasteiger partial charge is 0.246 e. The lowest BCUT2D eigenvalue weighted by Gasteiger charge is -2.41. The SMILES string of the molecule is CCCC[C@H]1C(=O)N2CCC[C@H]2C(=O)N[C@H]2CCCCN1C(=O)[C@@H](C)N(C)C(=O)C[C@@H](C(=O)N1CCCC1)N(C)C(=O)[C@@H]1CCCN1C(=O)[C@H]([C@@H](C)CC)NC(=O)[C@@H]1CCCCN1C(=O)[C@H](CC1CCCC(Cl)C1)NC(=O)[C@H](COCCC)N(C)C(=O)[C@H](CC1CCCCC1)N(C)C2=O. The van der Waals surface area contributed by atoms with E-state index in [1.165, 1.54) is 60.3 Å². The van der Waals surface area contributed by atoms with Crippen LogP contribution in [0.1, 0.15) is 221 Å². The predicted molar refractivity (Wildman–Crippen MR) is 374 cm³/mol. The lowest BCUT2D eigenvalue weighted by Crippen LogP contribution is -2.63. The first-order valence-corrected chi connectivity index (χ1v) is 38.5. The van der Waals surface area contributed by atoms with Crippen LogP contribution in [0.25, 0.3) is 0 Å². The second-order valence-corrected chi connectivity index (χ2v) is 30.7. The summed E-state index contributed by atoms with van der Waals surface area (Å²) in [5, 5.41) is 9.06. The molecule has 6 saturated heterocycles. The number of likely N-dealkylation sites (tertiary alicyclic amines) is 1. The Morgan fingerprint density at radius 1 is 0.505 bits per heavy atom. The highest BCUT2D eigenvalue weighted by molar-refractivity contribution is 6.20. The van der Waals surface area contributed by atoms with Crippen LogP contribution in [0.5, 0.6) is 0 Å². The first kappa shape index (κ1) is 78.6. The molecule has 3 N–H and O–H groups in total. The second kappa shape index (κ2) is 37.2. The molecular formula is C73H119ClN12O13. The average molecular weight is 1410 g/mol. The molecule has 2 unspecified atom stereocenters. The Labute approximate surface area is 593 Å². The maximum Gasteiger partial charge on any atom is 0.246 e. The summed E-state index contributed by atoms with van der Waals surface area (Å²) in [4.78, 5) is 196. The molecule has 0 spiro atoms. The predicted octanol–water partition coefficient (Wildman–Crippen LogP) is 5.36. The minimum Gasteiger partial charge on any atom is -0.379 e. The van der Waals surface area contributed by atoms with Gasteiger partial charge in [-0.2, -0.15) is 0 Å². The number of amides is 12. The monoisotopic (exact) mass is 1410 g/mol. The fourth-order valence-corrected chi connectivity index (χ4v) is 17.1. The van der Waals surface area contributed by atoms with Gasteiger partial charge in [-0.3, -0.25) is 57.5 Å². The molecule has 0 aromatic rings. The number of hydrogen-bond donors (Lipinski definition) is 3. The van der Waals surface area contributed by atoms with Crippen molar-refractivity contribution >= 4 is 82.5 Å². The van der Waals surface area contributed by atoms with Crippen molar-refractivity contribution in [1.29, 1.82) is 0 Å². The van der Waals surface area contributed by atoms with Crippen molar-refractivity contribution in [3.8, 4) is 0 Å². The van der Waals surface area contributed by atoms with Crippen molar-refractivity contribution in [2.75, 3.05) is 80.7 Å². The van der Waals surface area contributed by atoms with E-state index in [0.717, 1.165) is 64.2 Å². The number of ether oxygens (including phenoxy) is 1. The highest BCUT2D eigenvalue weighted by Gasteiger charge is 2.49. The van der Waals surface area contributed by atoms with E-state index in [1.807, 2.05) is 27.7 Å². The molecule has 2 bridgehead atoms. The topological polar surface area (TPSA) is 279 Å². The first-order valence-electron chi connectivity index (χ1n) is 38.1. The molecule has 6 aliphatic heterocycles. The molecule has 8 aliphatic rings. The van der Waals surface area contributed by atoms with Gasteiger partial charge in [-0.05, 0) is 140 Å². The number of piperidine rings is 1. The van der Waals surface area contributed by atoms with Crippen molar-refractivity contribution in [3.63, 3.8) is 0 Å². The van der Waals surface area contributed by atoms with E-state index >= 15 is 43.2 Å². The molecule has 0 aromatic carbocycles. The van der Waals surface area contributed by atoms with Gasteiger partial charge in [0.1, 0.15) is 66.5 Å². The van der Waals surface area contributed by atoms with Crippen LogP contribution in [0.2, 0.25) is 0 Å². The van der Waals surface area contributed by atoms with Crippen molar-refractivity contribution in [2.24, 2.45) is 17.8 Å². The van der Waals surface area contributed by atoms with Crippen LogP contribution < -0.4 is 16.0 Å². The molecule has 25 nitrogen and oxygen atoms in total. The number of rotatable bonds is 14. The zero-order valence-electron chi connectivity index (χ0n) is 61.0. The minimum atomic E-state index is -1.34. The fraction of sp³-hybridized carbons (Fsp3) is 0.836. The maximum absolute atomic E-state index is 15.8. The quantitative estimate of drug-likeness (QED) is 0.146.